The molecule has 3 rings (SSSR count). The van der Waals surface area contributed by atoms with E-state index in [1.807, 2.05) is 0 Å². The van der Waals surface area contributed by atoms with E-state index >= 15 is 0 Å². The fraction of sp³-hybridized carbons (Fsp3) is 0.190. The molecule has 150 valence electrons. The van der Waals surface area contributed by atoms with Crippen LogP contribution in [0.15, 0.2) is 59.3 Å². The summed E-state index contributed by atoms with van der Waals surface area (Å²) in [5.41, 5.74) is 0.680. The molecule has 29 heavy (non-hydrogen) atoms. The smallest absolute Gasteiger partial charge is 0.340 e. The Bertz CT molecular complexity index is 998. The van der Waals surface area contributed by atoms with Crippen LogP contribution in [0, 0.1) is 0 Å². The van der Waals surface area contributed by atoms with Crippen molar-refractivity contribution in [2.45, 2.75) is 20.0 Å². The summed E-state index contributed by atoms with van der Waals surface area (Å²) in [6, 6.07) is 13.0. The van der Waals surface area contributed by atoms with Gasteiger partial charge in [-0.1, -0.05) is 23.7 Å². The summed E-state index contributed by atoms with van der Waals surface area (Å²) >= 11 is 6.16. The first-order valence-electron chi connectivity index (χ1n) is 8.83. The lowest BCUT2D eigenvalue weighted by Crippen LogP contribution is -2.33. The van der Waals surface area contributed by atoms with Crippen molar-refractivity contribution < 1.29 is 23.9 Å². The zero-order valence-electron chi connectivity index (χ0n) is 16.1. The lowest BCUT2D eigenvalue weighted by Gasteiger charge is -2.19. The highest BCUT2D eigenvalue weighted by atomic mass is 35.5. The van der Waals surface area contributed by atoms with Crippen LogP contribution in [0.3, 0.4) is 0 Å². The van der Waals surface area contributed by atoms with E-state index in [0.29, 0.717) is 11.4 Å². The molecule has 0 bridgehead atoms. The maximum atomic E-state index is 13.0. The predicted molar refractivity (Wildman–Crippen MR) is 109 cm³/mol. The lowest BCUT2D eigenvalue weighted by molar-refractivity contribution is -0.120. The zero-order valence-corrected chi connectivity index (χ0v) is 16.8. The fourth-order valence-electron chi connectivity index (χ4n) is 2.77. The number of hydrogen-bond donors (Lipinski definition) is 1. The number of carbonyl (C=O) groups is 3. The van der Waals surface area contributed by atoms with Crippen molar-refractivity contribution in [3.8, 4) is 5.75 Å². The Balaban J connectivity index is 1.91. The van der Waals surface area contributed by atoms with Crippen LogP contribution in [0.4, 0.5) is 11.4 Å². The minimum atomic E-state index is -0.725. The number of carbonyl (C=O) groups excluding carboxylic acids is 3. The van der Waals surface area contributed by atoms with Gasteiger partial charge in [0.1, 0.15) is 16.5 Å². The Morgan fingerprint density at radius 1 is 1.03 bits per heavy atom. The van der Waals surface area contributed by atoms with E-state index < -0.39 is 17.8 Å². The van der Waals surface area contributed by atoms with Gasteiger partial charge in [0, 0.05) is 5.69 Å². The second-order valence-corrected chi connectivity index (χ2v) is 6.84. The topological polar surface area (TPSA) is 84.9 Å². The molecule has 0 radical (unpaired) electrons. The number of anilines is 2. The molecule has 1 N–H and O–H groups in total. The number of para-hydroxylation sites is 1. The van der Waals surface area contributed by atoms with Crippen LogP contribution < -0.4 is 15.0 Å². The van der Waals surface area contributed by atoms with Crippen molar-refractivity contribution in [2.24, 2.45) is 0 Å². The molecule has 1 aliphatic heterocycles. The van der Waals surface area contributed by atoms with E-state index in [1.54, 1.807) is 57.4 Å². The summed E-state index contributed by atoms with van der Waals surface area (Å²) in [6.07, 6.45) is -0.352. The van der Waals surface area contributed by atoms with Gasteiger partial charge < -0.3 is 14.8 Å². The van der Waals surface area contributed by atoms with E-state index in [0.717, 1.165) is 4.90 Å². The van der Waals surface area contributed by atoms with Crippen LogP contribution >= 0.6 is 11.6 Å². The van der Waals surface area contributed by atoms with Gasteiger partial charge >= 0.3 is 5.97 Å². The summed E-state index contributed by atoms with van der Waals surface area (Å²) in [5, 5.41) is 2.60. The van der Waals surface area contributed by atoms with E-state index in [9.17, 15) is 14.4 Å². The van der Waals surface area contributed by atoms with Crippen molar-refractivity contribution in [3.05, 3.63) is 64.8 Å². The molecule has 2 aromatic rings. The maximum Gasteiger partial charge on any atom is 0.340 e. The highest BCUT2D eigenvalue weighted by molar-refractivity contribution is 6.53. The maximum absolute atomic E-state index is 13.0. The summed E-state index contributed by atoms with van der Waals surface area (Å²) in [6.45, 7) is 3.42. The molecule has 0 fully saturated rings. The number of nitrogens with one attached hydrogen (secondary N) is 1. The number of benzene rings is 2. The van der Waals surface area contributed by atoms with Crippen molar-refractivity contribution in [1.82, 2.24) is 0 Å². The first-order valence-corrected chi connectivity index (χ1v) is 9.21. The number of imide groups is 1. The standard InChI is InChI=1S/C21H19ClN2O5/c1-12(2)29-21(27)15-6-4-5-7-16(15)24-19(25)17(22)18(20(24)26)23-13-8-10-14(28-3)11-9-13/h4-12,23H,1-3H3. The Kier molecular flexibility index (Phi) is 5.89. The highest BCUT2D eigenvalue weighted by Gasteiger charge is 2.40. The van der Waals surface area contributed by atoms with Crippen LogP contribution in [-0.4, -0.2) is 31.0 Å². The third kappa shape index (κ3) is 4.09. The number of methoxy groups -OCH3 is 1. The molecule has 0 spiro atoms. The Hall–Kier alpha value is -3.32. The predicted octanol–water partition coefficient (Wildman–Crippen LogP) is 3.70. The molecule has 0 unspecified atom stereocenters. The fourth-order valence-corrected chi connectivity index (χ4v) is 2.98. The minimum Gasteiger partial charge on any atom is -0.497 e. The van der Waals surface area contributed by atoms with Gasteiger partial charge in [0.05, 0.1) is 24.5 Å². The summed E-state index contributed by atoms with van der Waals surface area (Å²) in [7, 11) is 1.54. The first kappa shape index (κ1) is 20.4. The SMILES string of the molecule is COc1ccc(NC2=C(Cl)C(=O)N(c3ccccc3C(=O)OC(C)C)C2=O)cc1. The van der Waals surface area contributed by atoms with Crippen LogP contribution in [0.25, 0.3) is 0 Å². The average molecular weight is 415 g/mol. The molecule has 1 aliphatic rings. The third-order valence-corrected chi connectivity index (χ3v) is 4.44. The Morgan fingerprint density at radius 2 is 1.69 bits per heavy atom. The highest BCUT2D eigenvalue weighted by Crippen LogP contribution is 2.32. The molecule has 0 saturated heterocycles. The van der Waals surface area contributed by atoms with Gasteiger partial charge in [-0.05, 0) is 50.2 Å². The second-order valence-electron chi connectivity index (χ2n) is 6.46. The number of hydrogen-bond acceptors (Lipinski definition) is 6. The van der Waals surface area contributed by atoms with Gasteiger partial charge in [0.15, 0.2) is 0 Å². The molecule has 2 aromatic carbocycles. The number of ether oxygens (including phenoxy) is 2. The zero-order chi connectivity index (χ0) is 21.1. The van der Waals surface area contributed by atoms with E-state index in [2.05, 4.69) is 5.32 Å². The van der Waals surface area contributed by atoms with Crippen molar-refractivity contribution in [3.63, 3.8) is 0 Å². The largest absolute Gasteiger partial charge is 0.497 e. The molecule has 8 heteroatoms. The minimum absolute atomic E-state index is 0.0751. The van der Waals surface area contributed by atoms with Crippen molar-refractivity contribution in [1.29, 1.82) is 0 Å². The lowest BCUT2D eigenvalue weighted by atomic mass is 10.1. The average Bonchev–Trinajstić information content (AvgIpc) is 2.91. The van der Waals surface area contributed by atoms with Crippen molar-refractivity contribution >= 4 is 40.8 Å². The molecular weight excluding hydrogens is 396 g/mol. The third-order valence-electron chi connectivity index (χ3n) is 4.09. The van der Waals surface area contributed by atoms with E-state index in [1.165, 1.54) is 12.1 Å². The molecule has 0 atom stereocenters. The summed E-state index contributed by atoms with van der Waals surface area (Å²) < 4.78 is 10.3. The first-order chi connectivity index (χ1) is 13.8. The van der Waals surface area contributed by atoms with Crippen molar-refractivity contribution in [2.75, 3.05) is 17.3 Å². The van der Waals surface area contributed by atoms with Gasteiger partial charge in [-0.3, -0.25) is 9.59 Å². The number of esters is 1. The summed E-state index contributed by atoms with van der Waals surface area (Å²) in [4.78, 5) is 39.0. The normalized spacial score (nSPS) is 13.9. The number of halogens is 1. The summed E-state index contributed by atoms with van der Waals surface area (Å²) in [5.74, 6) is -1.38. The van der Waals surface area contributed by atoms with Crippen LogP contribution in [0.1, 0.15) is 24.2 Å². The van der Waals surface area contributed by atoms with Crippen LogP contribution in [0.2, 0.25) is 0 Å². The quantitative estimate of drug-likeness (QED) is 0.573. The molecule has 7 nitrogen and oxygen atoms in total. The monoisotopic (exact) mass is 414 g/mol. The number of nitrogens with zero attached hydrogens (tertiary/aromatic N) is 1. The molecule has 0 aromatic heterocycles. The molecule has 1 heterocycles. The molecule has 0 aliphatic carbocycles. The van der Waals surface area contributed by atoms with Gasteiger partial charge in [0.25, 0.3) is 11.8 Å². The van der Waals surface area contributed by atoms with E-state index in [4.69, 9.17) is 21.1 Å². The Labute approximate surface area is 172 Å². The Morgan fingerprint density at radius 3 is 2.31 bits per heavy atom. The molecule has 0 saturated carbocycles. The molecular formula is C21H19ClN2O5. The van der Waals surface area contributed by atoms with Gasteiger partial charge in [-0.25, -0.2) is 9.69 Å². The van der Waals surface area contributed by atoms with Gasteiger partial charge in [-0.15, -0.1) is 0 Å². The second kappa shape index (κ2) is 8.36. The van der Waals surface area contributed by atoms with Crippen LogP contribution in [0.5, 0.6) is 5.75 Å². The van der Waals surface area contributed by atoms with Gasteiger partial charge in [-0.2, -0.15) is 0 Å². The van der Waals surface area contributed by atoms with Crippen LogP contribution in [-0.2, 0) is 14.3 Å². The molecule has 2 amide bonds. The number of rotatable bonds is 6. The number of amides is 2. The van der Waals surface area contributed by atoms with E-state index in [-0.39, 0.29) is 28.1 Å². The van der Waals surface area contributed by atoms with Gasteiger partial charge in [0.2, 0.25) is 0 Å².